The standard InChI is InChI=1S/C21H18OSi/c1-16-12-17-14-18(22-21(17)13-16)15-23(19-8-4-2-5-9-19)20-10-6-3-7-11-20/h2-15,18H,1H3. The van der Waals surface area contributed by atoms with Gasteiger partial charge in [0.25, 0.3) is 0 Å². The molecule has 4 rings (SSSR count). The van der Waals surface area contributed by atoms with Crippen molar-refractivity contribution < 1.29 is 4.74 Å². The molecule has 1 atom stereocenters. The van der Waals surface area contributed by atoms with Crippen LogP contribution >= 0.6 is 0 Å². The smallest absolute Gasteiger partial charge is 0.133 e. The fraction of sp³-hybridized carbons (Fsp3) is 0.0952. The average Bonchev–Trinajstić information content (AvgIpc) is 3.11. The van der Waals surface area contributed by atoms with Crippen molar-refractivity contribution in [2.24, 2.45) is 0 Å². The van der Waals surface area contributed by atoms with Gasteiger partial charge in [0, 0.05) is 5.57 Å². The molecule has 0 saturated carbocycles. The van der Waals surface area contributed by atoms with Crippen molar-refractivity contribution in [1.29, 1.82) is 0 Å². The van der Waals surface area contributed by atoms with E-state index < -0.39 is 8.41 Å². The summed E-state index contributed by atoms with van der Waals surface area (Å²) in [6.45, 7) is 2.11. The maximum atomic E-state index is 6.12. The van der Waals surface area contributed by atoms with E-state index in [1.807, 2.05) is 0 Å². The van der Waals surface area contributed by atoms with Gasteiger partial charge >= 0.3 is 0 Å². The number of fused-ring (bicyclic) bond motifs is 1. The SMILES string of the molecule is CC1=CC2=CC(C=[Si](c3ccccc3)c3ccccc3)OC2=C1. The Kier molecular flexibility index (Phi) is 3.68. The van der Waals surface area contributed by atoms with E-state index in [-0.39, 0.29) is 6.10 Å². The van der Waals surface area contributed by atoms with E-state index in [2.05, 4.69) is 91.5 Å². The van der Waals surface area contributed by atoms with Gasteiger partial charge in [-0.15, -0.1) is 0 Å². The zero-order valence-corrected chi connectivity index (χ0v) is 14.1. The minimum absolute atomic E-state index is 0.0647. The Hall–Kier alpha value is -2.45. The second-order valence-electron chi connectivity index (χ2n) is 5.91. The minimum atomic E-state index is -0.969. The van der Waals surface area contributed by atoms with Gasteiger partial charge < -0.3 is 4.74 Å². The summed E-state index contributed by atoms with van der Waals surface area (Å²) in [6, 6.07) is 21.5. The van der Waals surface area contributed by atoms with Crippen LogP contribution in [0.2, 0.25) is 0 Å². The van der Waals surface area contributed by atoms with Crippen LogP contribution in [0, 0.1) is 0 Å². The van der Waals surface area contributed by atoms with Gasteiger partial charge in [-0.1, -0.05) is 66.3 Å². The van der Waals surface area contributed by atoms with E-state index in [4.69, 9.17) is 4.74 Å². The number of hydrogen-bond acceptors (Lipinski definition) is 1. The van der Waals surface area contributed by atoms with Crippen molar-refractivity contribution in [1.82, 2.24) is 0 Å². The molecule has 0 N–H and O–H groups in total. The molecule has 1 aliphatic heterocycles. The quantitative estimate of drug-likeness (QED) is 0.792. The molecule has 112 valence electrons. The van der Waals surface area contributed by atoms with Gasteiger partial charge in [0.15, 0.2) is 0 Å². The minimum Gasteiger partial charge on any atom is -0.482 e. The highest BCUT2D eigenvalue weighted by Crippen LogP contribution is 2.30. The molecule has 2 heteroatoms. The van der Waals surface area contributed by atoms with Crippen molar-refractivity contribution in [3.8, 4) is 0 Å². The summed E-state index contributed by atoms with van der Waals surface area (Å²) in [4.78, 5) is 0. The van der Waals surface area contributed by atoms with Crippen molar-refractivity contribution >= 4 is 24.5 Å². The van der Waals surface area contributed by atoms with Crippen LogP contribution in [0.3, 0.4) is 0 Å². The van der Waals surface area contributed by atoms with Crippen LogP contribution < -0.4 is 10.4 Å². The Balaban J connectivity index is 1.74. The Morgan fingerprint density at radius 2 is 1.48 bits per heavy atom. The van der Waals surface area contributed by atoms with E-state index in [0.29, 0.717) is 0 Å². The molecule has 2 aliphatic rings. The Labute approximate surface area is 138 Å². The van der Waals surface area contributed by atoms with Gasteiger partial charge in [0.2, 0.25) is 0 Å². The number of hydrogen-bond donors (Lipinski definition) is 0. The highest BCUT2D eigenvalue weighted by atomic mass is 28.2. The van der Waals surface area contributed by atoms with Crippen LogP contribution in [0.4, 0.5) is 0 Å². The zero-order chi connectivity index (χ0) is 15.6. The Bertz CT molecular complexity index is 800. The third kappa shape index (κ3) is 2.90. The molecule has 1 aliphatic carbocycles. The molecular formula is C21H18OSi. The normalized spacial score (nSPS) is 18.5. The lowest BCUT2D eigenvalue weighted by atomic mass is 10.2. The highest BCUT2D eigenvalue weighted by Gasteiger charge is 2.23. The Morgan fingerprint density at radius 1 is 0.870 bits per heavy atom. The van der Waals surface area contributed by atoms with Crippen LogP contribution in [-0.2, 0) is 4.74 Å². The average molecular weight is 314 g/mol. The molecule has 1 nitrogen and oxygen atoms in total. The van der Waals surface area contributed by atoms with E-state index in [1.165, 1.54) is 21.5 Å². The zero-order valence-electron chi connectivity index (χ0n) is 13.1. The molecule has 0 aromatic heterocycles. The van der Waals surface area contributed by atoms with Crippen molar-refractivity contribution in [3.05, 3.63) is 95.8 Å². The van der Waals surface area contributed by atoms with Crippen LogP contribution in [0.15, 0.2) is 95.8 Å². The van der Waals surface area contributed by atoms with E-state index >= 15 is 0 Å². The van der Waals surface area contributed by atoms with Crippen LogP contribution in [0.1, 0.15) is 6.92 Å². The molecule has 0 amide bonds. The summed E-state index contributed by atoms with van der Waals surface area (Å²) in [7, 11) is -0.969. The topological polar surface area (TPSA) is 9.23 Å². The van der Waals surface area contributed by atoms with Crippen LogP contribution in [-0.4, -0.2) is 20.2 Å². The fourth-order valence-corrected chi connectivity index (χ4v) is 5.39. The van der Waals surface area contributed by atoms with Gasteiger partial charge in [-0.2, -0.15) is 0 Å². The lowest BCUT2D eigenvalue weighted by Gasteiger charge is -2.11. The summed E-state index contributed by atoms with van der Waals surface area (Å²) in [5.41, 5.74) is 4.89. The van der Waals surface area contributed by atoms with Crippen molar-refractivity contribution in [3.63, 3.8) is 0 Å². The monoisotopic (exact) mass is 314 g/mol. The van der Waals surface area contributed by atoms with Gasteiger partial charge in [-0.3, -0.25) is 0 Å². The second kappa shape index (κ2) is 5.97. The number of ether oxygens (including phenoxy) is 1. The van der Waals surface area contributed by atoms with Crippen molar-refractivity contribution in [2.45, 2.75) is 13.0 Å². The van der Waals surface area contributed by atoms with Gasteiger partial charge in [0.1, 0.15) is 11.9 Å². The number of rotatable bonds is 3. The molecule has 1 heterocycles. The molecular weight excluding hydrogens is 296 g/mol. The molecule has 23 heavy (non-hydrogen) atoms. The maximum absolute atomic E-state index is 6.12. The Morgan fingerprint density at radius 3 is 2.04 bits per heavy atom. The lowest BCUT2D eigenvalue weighted by molar-refractivity contribution is 0.239. The van der Waals surface area contributed by atoms with Crippen LogP contribution in [0.25, 0.3) is 0 Å². The number of allylic oxidation sites excluding steroid dienone is 3. The predicted molar refractivity (Wildman–Crippen MR) is 98.8 cm³/mol. The molecule has 0 radical (unpaired) electrons. The summed E-state index contributed by atoms with van der Waals surface area (Å²) in [6.07, 6.45) is 6.62. The largest absolute Gasteiger partial charge is 0.482 e. The summed E-state index contributed by atoms with van der Waals surface area (Å²) in [5.74, 6) is 1.02. The molecule has 1 unspecified atom stereocenters. The van der Waals surface area contributed by atoms with Gasteiger partial charge in [-0.05, 0) is 41.1 Å². The molecule has 0 saturated heterocycles. The van der Waals surface area contributed by atoms with Gasteiger partial charge in [0.05, 0.1) is 8.41 Å². The first-order valence-corrected chi connectivity index (χ1v) is 9.49. The molecule has 0 spiro atoms. The van der Waals surface area contributed by atoms with E-state index in [9.17, 15) is 0 Å². The second-order valence-corrected chi connectivity index (χ2v) is 8.23. The third-order valence-electron chi connectivity index (χ3n) is 4.13. The fourth-order valence-electron chi connectivity index (χ4n) is 3.08. The summed E-state index contributed by atoms with van der Waals surface area (Å²) >= 11 is 0. The first kappa shape index (κ1) is 14.2. The lowest BCUT2D eigenvalue weighted by Crippen LogP contribution is -2.38. The summed E-state index contributed by atoms with van der Waals surface area (Å²) < 4.78 is 6.12. The molecule has 2 aromatic carbocycles. The summed E-state index contributed by atoms with van der Waals surface area (Å²) in [5, 5.41) is 2.78. The number of benzene rings is 2. The van der Waals surface area contributed by atoms with E-state index in [0.717, 1.165) is 5.76 Å². The third-order valence-corrected chi connectivity index (χ3v) is 6.71. The predicted octanol–water partition coefficient (Wildman–Crippen LogP) is 2.85. The van der Waals surface area contributed by atoms with Gasteiger partial charge in [-0.25, -0.2) is 0 Å². The van der Waals surface area contributed by atoms with E-state index in [1.54, 1.807) is 0 Å². The molecule has 0 bridgehead atoms. The first-order valence-electron chi connectivity index (χ1n) is 7.91. The first-order chi connectivity index (χ1) is 11.3. The van der Waals surface area contributed by atoms with Crippen LogP contribution in [0.5, 0.6) is 0 Å². The molecule has 2 aromatic rings. The highest BCUT2D eigenvalue weighted by molar-refractivity contribution is 6.89. The maximum Gasteiger partial charge on any atom is 0.133 e. The van der Waals surface area contributed by atoms with Crippen molar-refractivity contribution in [2.75, 3.05) is 0 Å². The molecule has 0 fully saturated rings.